The maximum atomic E-state index is 13.7. The summed E-state index contributed by atoms with van der Waals surface area (Å²) in [5, 5.41) is 6.41. The largest absolute Gasteiger partial charge is 0.444 e. The first-order valence-corrected chi connectivity index (χ1v) is 18.9. The van der Waals surface area contributed by atoms with Crippen molar-refractivity contribution in [2.75, 3.05) is 4.90 Å². The van der Waals surface area contributed by atoms with Crippen LogP contribution in [0.2, 0.25) is 0 Å². The molecule has 0 unspecified atom stereocenters. The van der Waals surface area contributed by atoms with E-state index in [1.165, 1.54) is 18.3 Å². The van der Waals surface area contributed by atoms with Crippen molar-refractivity contribution in [3.8, 4) is 34.0 Å². The van der Waals surface area contributed by atoms with Gasteiger partial charge in [0.2, 0.25) is 0 Å². The lowest BCUT2D eigenvalue weighted by molar-refractivity contribution is 0.0426. The molecule has 0 saturated heterocycles. The molecule has 0 fully saturated rings. The monoisotopic (exact) mass is 763 g/mol. The van der Waals surface area contributed by atoms with Gasteiger partial charge in [-0.3, -0.25) is 0 Å². The van der Waals surface area contributed by atoms with Crippen LogP contribution in [0.5, 0.6) is 0 Å². The average Bonchev–Trinajstić information content (AvgIpc) is 3.51. The maximum Gasteiger partial charge on any atom is 0.425 e. The number of carbonyl (C=O) groups is 3. The van der Waals surface area contributed by atoms with Crippen molar-refractivity contribution in [3.63, 3.8) is 0 Å². The highest BCUT2D eigenvalue weighted by atomic mass is 32.2. The Kier molecular flexibility index (Phi) is 12.0. The minimum Gasteiger partial charge on any atom is -0.444 e. The first kappa shape index (κ1) is 41.4. The molecule has 4 rings (SSSR count). The summed E-state index contributed by atoms with van der Waals surface area (Å²) in [6, 6.07) is 13.3. The number of aromatic nitrogens is 3. The van der Waals surface area contributed by atoms with Gasteiger partial charge < -0.3 is 24.1 Å². The quantitative estimate of drug-likeness (QED) is 0.169. The van der Waals surface area contributed by atoms with Crippen LogP contribution >= 0.6 is 0 Å². The molecule has 0 radical (unpaired) electrons. The first-order valence-electron chi connectivity index (χ1n) is 17.4. The molecule has 290 valence electrons. The molecular weight excluding hydrogens is 715 g/mol. The van der Waals surface area contributed by atoms with Gasteiger partial charge in [-0.1, -0.05) is 35.5 Å². The van der Waals surface area contributed by atoms with Crippen molar-refractivity contribution in [1.29, 1.82) is 0 Å². The lowest BCUT2D eigenvalue weighted by Crippen LogP contribution is -2.44. The van der Waals surface area contributed by atoms with Gasteiger partial charge in [0.1, 0.15) is 22.5 Å². The average molecular weight is 764 g/mol. The minimum atomic E-state index is -3.53. The summed E-state index contributed by atoms with van der Waals surface area (Å²) in [4.78, 5) is 49.6. The zero-order chi connectivity index (χ0) is 40.4. The normalized spacial score (nSPS) is 12.3. The zero-order valence-corrected chi connectivity index (χ0v) is 33.7. The van der Waals surface area contributed by atoms with Crippen molar-refractivity contribution in [2.24, 2.45) is 0 Å². The third-order valence-electron chi connectivity index (χ3n) is 7.36. The molecule has 0 saturated carbocycles. The van der Waals surface area contributed by atoms with Gasteiger partial charge in [0.15, 0.2) is 27.1 Å². The fraction of sp³-hybridized carbons (Fsp3) is 0.436. The van der Waals surface area contributed by atoms with Crippen molar-refractivity contribution >= 4 is 33.9 Å². The number of ether oxygens (including phenoxy) is 3. The van der Waals surface area contributed by atoms with Crippen LogP contribution in [-0.4, -0.2) is 63.9 Å². The van der Waals surface area contributed by atoms with E-state index in [1.54, 1.807) is 94.4 Å². The number of rotatable bonds is 8. The summed E-state index contributed by atoms with van der Waals surface area (Å²) in [6.45, 7) is 20.6. The molecule has 2 aromatic heterocycles. The van der Waals surface area contributed by atoms with E-state index < -0.39 is 50.2 Å². The van der Waals surface area contributed by atoms with Crippen LogP contribution in [0.3, 0.4) is 0 Å². The molecule has 3 amide bonds. The van der Waals surface area contributed by atoms with E-state index in [4.69, 9.17) is 23.7 Å². The lowest BCUT2D eigenvalue weighted by Gasteiger charge is -2.28. The number of nitrogens with zero attached hydrogens (tertiary/aromatic N) is 4. The second-order valence-corrected chi connectivity index (χ2v) is 18.4. The number of carbonyl (C=O) groups excluding carboxylic acids is 3. The lowest BCUT2D eigenvalue weighted by atomic mass is 10.0. The number of nitrogens with one attached hydrogen (secondary N) is 1. The van der Waals surface area contributed by atoms with Gasteiger partial charge in [-0.15, -0.1) is 0 Å². The number of amides is 3. The van der Waals surface area contributed by atoms with Crippen molar-refractivity contribution < 1.29 is 41.5 Å². The Labute approximate surface area is 316 Å². The highest BCUT2D eigenvalue weighted by Gasteiger charge is 2.37. The summed E-state index contributed by atoms with van der Waals surface area (Å²) in [5.41, 5.74) is 0.892. The molecule has 0 atom stereocenters. The molecule has 1 N–H and O–H groups in total. The van der Waals surface area contributed by atoms with E-state index in [0.717, 1.165) is 11.1 Å². The van der Waals surface area contributed by atoms with Crippen LogP contribution in [0.4, 0.5) is 20.2 Å². The maximum absolute atomic E-state index is 13.7. The first-order chi connectivity index (χ1) is 24.8. The Balaban J connectivity index is 1.82. The van der Waals surface area contributed by atoms with Gasteiger partial charge in [0, 0.05) is 23.7 Å². The number of benzene rings is 2. The number of anilines is 1. The van der Waals surface area contributed by atoms with Crippen molar-refractivity contribution in [2.45, 2.75) is 117 Å². The van der Waals surface area contributed by atoms with E-state index in [9.17, 15) is 22.8 Å². The molecule has 15 heteroatoms. The molecule has 0 spiro atoms. The highest BCUT2D eigenvalue weighted by Crippen LogP contribution is 2.35. The predicted molar refractivity (Wildman–Crippen MR) is 203 cm³/mol. The highest BCUT2D eigenvalue weighted by molar-refractivity contribution is 7.92. The van der Waals surface area contributed by atoms with E-state index in [1.807, 2.05) is 25.1 Å². The Morgan fingerprint density at radius 1 is 0.815 bits per heavy atom. The molecular formula is C39H49N5O9S. The summed E-state index contributed by atoms with van der Waals surface area (Å²) in [6.07, 6.45) is -1.31. The van der Waals surface area contributed by atoms with Crippen LogP contribution in [0.15, 0.2) is 64.1 Å². The molecule has 54 heavy (non-hydrogen) atoms. The number of hydrogen-bond acceptors (Lipinski definition) is 12. The van der Waals surface area contributed by atoms with Crippen molar-refractivity contribution in [3.05, 3.63) is 65.9 Å². The molecule has 2 heterocycles. The van der Waals surface area contributed by atoms with Gasteiger partial charge >= 0.3 is 18.3 Å². The van der Waals surface area contributed by atoms with E-state index >= 15 is 0 Å². The SMILES string of the molecule is Cc1cc(CNC(=O)OC(C)(C)C)ccc1-c1cc(-c2nc(-c3ccc(S(=O)(=O)C(C)C)cc3)cnc2N(C(=O)OC(C)(C)C)C(=O)OC(C)(C)C)on1. The molecule has 4 aromatic rings. The van der Waals surface area contributed by atoms with E-state index in [2.05, 4.69) is 15.5 Å². The molecule has 0 aliphatic carbocycles. The fourth-order valence-electron chi connectivity index (χ4n) is 4.93. The van der Waals surface area contributed by atoms with Crippen LogP contribution in [-0.2, 0) is 30.6 Å². The molecule has 2 aromatic carbocycles. The smallest absolute Gasteiger partial charge is 0.425 e. The predicted octanol–water partition coefficient (Wildman–Crippen LogP) is 8.66. The van der Waals surface area contributed by atoms with Gasteiger partial charge in [-0.25, -0.2) is 32.8 Å². The second kappa shape index (κ2) is 15.6. The summed E-state index contributed by atoms with van der Waals surface area (Å²) >= 11 is 0. The van der Waals surface area contributed by atoms with Gasteiger partial charge in [0.05, 0.1) is 22.0 Å². The Morgan fingerprint density at radius 3 is 1.91 bits per heavy atom. The number of alkyl carbamates (subject to hydrolysis) is 1. The molecule has 0 aliphatic heterocycles. The summed E-state index contributed by atoms with van der Waals surface area (Å²) in [5.74, 6) is -0.190. The Bertz CT molecular complexity index is 2090. The van der Waals surface area contributed by atoms with Gasteiger partial charge in [-0.2, -0.15) is 4.90 Å². The number of hydrogen-bond donors (Lipinski definition) is 1. The second-order valence-electron chi connectivity index (χ2n) is 15.9. The van der Waals surface area contributed by atoms with Crippen LogP contribution in [0, 0.1) is 6.92 Å². The van der Waals surface area contributed by atoms with Crippen LogP contribution in [0.1, 0.15) is 87.3 Å². The van der Waals surface area contributed by atoms with Crippen LogP contribution < -0.4 is 10.2 Å². The van der Waals surface area contributed by atoms with Gasteiger partial charge in [-0.05, 0) is 106 Å². The minimum absolute atomic E-state index is 0.0438. The fourth-order valence-corrected chi connectivity index (χ4v) is 5.99. The topological polar surface area (TPSA) is 180 Å². The van der Waals surface area contributed by atoms with Gasteiger partial charge in [0.25, 0.3) is 0 Å². The van der Waals surface area contributed by atoms with Crippen molar-refractivity contribution in [1.82, 2.24) is 20.4 Å². The Morgan fingerprint density at radius 2 is 1.39 bits per heavy atom. The molecule has 14 nitrogen and oxygen atoms in total. The summed E-state index contributed by atoms with van der Waals surface area (Å²) in [7, 11) is -3.53. The van der Waals surface area contributed by atoms with E-state index in [-0.39, 0.29) is 34.4 Å². The molecule has 0 aliphatic rings. The van der Waals surface area contributed by atoms with Crippen LogP contribution in [0.25, 0.3) is 34.0 Å². The van der Waals surface area contributed by atoms with E-state index in [0.29, 0.717) is 21.7 Å². The third-order valence-corrected chi connectivity index (χ3v) is 9.53. The standard InChI is InChI=1S/C39H49N5O9S/c1-23(2)54(48,49)27-16-14-26(15-17-27)30-22-40-33(44(35(46)51-38(7,8)9)36(47)52-39(10,11)12)32(42-30)31-20-29(43-53-31)28-18-13-25(19-24(28)3)21-41-34(45)50-37(4,5)6/h13-20,22-23H,21H2,1-12H3,(H,41,45). The summed E-state index contributed by atoms with van der Waals surface area (Å²) < 4.78 is 47.9. The Hall–Kier alpha value is -5.31. The molecule has 0 bridgehead atoms. The number of sulfone groups is 1. The third kappa shape index (κ3) is 10.6. The number of imide groups is 1. The number of aryl methyl sites for hydroxylation is 1. The zero-order valence-electron chi connectivity index (χ0n) is 32.9.